The molecular weight excluding hydrogens is 1600 g/mol. The minimum atomic E-state index is -0.747. The van der Waals surface area contributed by atoms with Crippen LogP contribution in [0.25, 0.3) is 11.3 Å². The molecule has 27 nitrogen and oxygen atoms in total. The van der Waals surface area contributed by atoms with Gasteiger partial charge in [-0.3, -0.25) is 43.7 Å². The Hall–Kier alpha value is -5.32. The summed E-state index contributed by atoms with van der Waals surface area (Å²) in [6.07, 6.45) is 22.3. The van der Waals surface area contributed by atoms with Gasteiger partial charge in [-0.05, 0) is 113 Å². The molecule has 1 atom stereocenters. The van der Waals surface area contributed by atoms with Gasteiger partial charge in [0.15, 0.2) is 11.6 Å². The minimum Gasteiger partial charge on any atom is -0.466 e. The number of nitrogens with two attached hydrogens (primary N) is 1. The standard InChI is InChI=1S/C27H35Cl2N5O6S2.C26H42N2O8S2.C24H43NO5S2/c1-2-38-21(36)17-27(10-4-3-5-11-27)12-9-20(35)39-13-15-41-42-16-14-40-26(37)32-25-31-24(30)23(33-34-25)18-7-6-8-19(28)22(18)29;1-3-20(28-12-8-9-22(28)30)21(29)17-23(31)35-13-15-37-38-16-14-36-25(33)27-19-26(10-6-5-7-11-26)18-24(32)34-4-2;1-4-10-20(11-5-2)21(26)18-22(27)29-14-16-31-32-17-15-30-23(28)25-19-24(6-3)12-8-7-9-13-24/h6-8H,2-5,9-17H2,1H3,(H3,30,31,32,34,37);20H,3-19H2,1-2H3,(H,27,33);20H,4-19H2,1-3H3,(H,25,28)/t;20-;/m.0./s1. The fourth-order valence-corrected chi connectivity index (χ4v) is 19.2. The molecule has 1 aromatic heterocycles. The molecule has 4 amide bonds. The summed E-state index contributed by atoms with van der Waals surface area (Å²) in [5, 5.41) is 16.6. The topological polar surface area (TPSA) is 366 Å². The van der Waals surface area contributed by atoms with Crippen LogP contribution in [0.3, 0.4) is 0 Å². The van der Waals surface area contributed by atoms with Crippen molar-refractivity contribution in [1.29, 1.82) is 0 Å². The zero-order chi connectivity index (χ0) is 81.8. The van der Waals surface area contributed by atoms with Gasteiger partial charge in [0.2, 0.25) is 5.91 Å². The Morgan fingerprint density at radius 3 is 1.43 bits per heavy atom. The number of halogens is 2. The smallest absolute Gasteiger partial charge is 0.414 e. The van der Waals surface area contributed by atoms with Crippen molar-refractivity contribution in [2.75, 3.05) is 118 Å². The number of benzene rings is 1. The van der Waals surface area contributed by atoms with E-state index in [4.69, 9.17) is 66.8 Å². The van der Waals surface area contributed by atoms with E-state index in [1.807, 2.05) is 6.92 Å². The van der Waals surface area contributed by atoms with Gasteiger partial charge >= 0.3 is 48.1 Å². The molecule has 3 aliphatic carbocycles. The molecule has 35 heteroatoms. The van der Waals surface area contributed by atoms with Gasteiger partial charge in [0.1, 0.15) is 64.0 Å². The Labute approximate surface area is 695 Å². The lowest BCUT2D eigenvalue weighted by atomic mass is 9.69. The molecule has 4 aliphatic rings. The summed E-state index contributed by atoms with van der Waals surface area (Å²) in [7, 11) is 9.12. The molecule has 4 fully saturated rings. The first-order chi connectivity index (χ1) is 54.0. The van der Waals surface area contributed by atoms with Crippen LogP contribution in [0.4, 0.5) is 26.1 Å². The number of ketones is 2. The number of ether oxygens (including phenoxy) is 8. The third kappa shape index (κ3) is 40.0. The predicted octanol–water partition coefficient (Wildman–Crippen LogP) is 16.7. The van der Waals surface area contributed by atoms with Crippen LogP contribution in [0.1, 0.15) is 228 Å². The van der Waals surface area contributed by atoms with Gasteiger partial charge in [-0.15, -0.1) is 10.2 Å². The summed E-state index contributed by atoms with van der Waals surface area (Å²) < 4.78 is 41.6. The number of hydrogen-bond acceptors (Lipinski definition) is 29. The third-order valence-corrected chi connectivity index (χ3v) is 27.5. The van der Waals surface area contributed by atoms with Crippen LogP contribution in [-0.4, -0.2) is 199 Å². The number of Topliss-reactive ketones (excluding diaryl/α,β-unsaturated/α-hetero) is 2. The Balaban J connectivity index is 0.000000358. The van der Waals surface area contributed by atoms with E-state index in [1.165, 1.54) is 75.3 Å². The highest BCUT2D eigenvalue weighted by molar-refractivity contribution is 8.77. The lowest BCUT2D eigenvalue weighted by Gasteiger charge is -2.36. The first-order valence-corrected chi connectivity index (χ1v) is 47.8. The van der Waals surface area contributed by atoms with Gasteiger partial charge in [0.25, 0.3) is 5.95 Å². The molecule has 0 radical (unpaired) electrons. The SMILES string of the molecule is CCCC(CCC)C(=O)CC(=O)OCCSSCCOC(=O)NCC1(CC)CCCCC1.CCOC(=O)CC1(CCC(=O)OCCSSCCOC(=O)Nc2nnc(-c3cccc(Cl)c3Cl)c(N)n2)CCCCC1.CCOC(=O)CC1(CNC(=O)OCCSSCCOC(=O)CC(=O)[C@H](CC)N2CCCC2=O)CCCCC1. The van der Waals surface area contributed by atoms with Crippen molar-refractivity contribution in [3.05, 3.63) is 28.2 Å². The number of nitrogens with zero attached hydrogens (tertiary/aromatic N) is 4. The molecule has 1 aliphatic heterocycles. The number of carbonyl (C=O) groups is 11. The molecule has 2 heterocycles. The second-order valence-corrected chi connectivity index (χ2v) is 36.9. The number of nitrogen functional groups attached to an aromatic ring is 1. The van der Waals surface area contributed by atoms with Crippen molar-refractivity contribution in [3.63, 3.8) is 0 Å². The highest BCUT2D eigenvalue weighted by Gasteiger charge is 2.38. The molecular formula is C77H120Cl2N8O19S6. The lowest BCUT2D eigenvalue weighted by Crippen LogP contribution is -2.42. The maximum Gasteiger partial charge on any atom is 0.414 e. The largest absolute Gasteiger partial charge is 0.466 e. The van der Waals surface area contributed by atoms with E-state index in [2.05, 4.69) is 51.9 Å². The zero-order valence-electron chi connectivity index (χ0n) is 66.2. The number of nitrogens with one attached hydrogen (secondary N) is 3. The van der Waals surface area contributed by atoms with E-state index < -0.39 is 30.2 Å². The molecule has 632 valence electrons. The number of amides is 4. The van der Waals surface area contributed by atoms with Crippen molar-refractivity contribution in [2.24, 2.45) is 22.2 Å². The van der Waals surface area contributed by atoms with Crippen molar-refractivity contribution in [1.82, 2.24) is 30.7 Å². The second-order valence-electron chi connectivity index (χ2n) is 28.0. The molecule has 0 spiro atoms. The van der Waals surface area contributed by atoms with Gasteiger partial charge in [-0.1, -0.05) is 198 Å². The van der Waals surface area contributed by atoms with Crippen molar-refractivity contribution < 1.29 is 90.6 Å². The van der Waals surface area contributed by atoms with Gasteiger partial charge < -0.3 is 59.2 Å². The molecule has 3 saturated carbocycles. The van der Waals surface area contributed by atoms with Crippen molar-refractivity contribution >= 4 is 165 Å². The predicted molar refractivity (Wildman–Crippen MR) is 447 cm³/mol. The minimum absolute atomic E-state index is 0.00416. The number of carbonyl (C=O) groups excluding carboxylic acids is 11. The average Bonchev–Trinajstić information content (AvgIpc) is 0.833. The molecule has 1 aromatic carbocycles. The van der Waals surface area contributed by atoms with Gasteiger partial charge in [0, 0.05) is 78.5 Å². The maximum absolute atomic E-state index is 12.4. The summed E-state index contributed by atoms with van der Waals surface area (Å²) in [5.41, 5.74) is 6.50. The monoisotopic (exact) mass is 1720 g/mol. The quantitative estimate of drug-likeness (QED) is 0.0157. The number of rotatable bonds is 49. The fraction of sp³-hybridized carbons (Fsp3) is 0.740. The highest BCUT2D eigenvalue weighted by atomic mass is 35.5. The van der Waals surface area contributed by atoms with Crippen LogP contribution >= 0.6 is 88.0 Å². The molecule has 1 saturated heterocycles. The van der Waals surface area contributed by atoms with Crippen LogP contribution in [0, 0.1) is 22.2 Å². The third-order valence-electron chi connectivity index (χ3n) is 19.7. The van der Waals surface area contributed by atoms with Crippen molar-refractivity contribution in [3.8, 4) is 11.3 Å². The molecule has 0 unspecified atom stereocenters. The zero-order valence-corrected chi connectivity index (χ0v) is 72.7. The summed E-state index contributed by atoms with van der Waals surface area (Å²) in [6, 6.07) is 4.46. The van der Waals surface area contributed by atoms with E-state index in [0.29, 0.717) is 123 Å². The van der Waals surface area contributed by atoms with Crippen LogP contribution in [0.15, 0.2) is 18.2 Å². The summed E-state index contributed by atoms with van der Waals surface area (Å²) >= 11 is 12.2. The van der Waals surface area contributed by atoms with Crippen LogP contribution in [0.5, 0.6) is 0 Å². The number of esters is 5. The van der Waals surface area contributed by atoms with E-state index in [9.17, 15) is 52.7 Å². The van der Waals surface area contributed by atoms with Gasteiger partial charge in [0.05, 0.1) is 42.1 Å². The number of aromatic nitrogens is 3. The number of alkyl carbamates (subject to hydrolysis) is 2. The van der Waals surface area contributed by atoms with E-state index in [-0.39, 0.29) is 132 Å². The van der Waals surface area contributed by atoms with E-state index in [0.717, 1.165) is 103 Å². The molecule has 5 N–H and O–H groups in total. The molecule has 0 bridgehead atoms. The van der Waals surface area contributed by atoms with Crippen LogP contribution in [0.2, 0.25) is 10.0 Å². The lowest BCUT2D eigenvalue weighted by molar-refractivity contribution is -0.149. The average molecular weight is 1730 g/mol. The number of hydrogen-bond donors (Lipinski definition) is 4. The van der Waals surface area contributed by atoms with Gasteiger partial charge in [-0.25, -0.2) is 14.4 Å². The normalized spacial score (nSPS) is 15.7. The second kappa shape index (κ2) is 57.7. The number of anilines is 2. The Bertz CT molecular complexity index is 3210. The number of likely N-dealkylation sites (tertiary alicyclic amines) is 1. The highest BCUT2D eigenvalue weighted by Crippen LogP contribution is 2.44. The van der Waals surface area contributed by atoms with E-state index >= 15 is 0 Å². The summed E-state index contributed by atoms with van der Waals surface area (Å²) in [5.74, 6) is 1.45. The van der Waals surface area contributed by atoms with Crippen LogP contribution < -0.4 is 21.7 Å². The fourth-order valence-electron chi connectivity index (χ4n) is 13.8. The summed E-state index contributed by atoms with van der Waals surface area (Å²) in [4.78, 5) is 139. The first kappa shape index (κ1) is 99.0. The van der Waals surface area contributed by atoms with Crippen molar-refractivity contribution in [2.45, 2.75) is 234 Å². The molecule has 112 heavy (non-hydrogen) atoms. The Morgan fingerprint density at radius 1 is 0.527 bits per heavy atom. The van der Waals surface area contributed by atoms with Gasteiger partial charge in [-0.2, -0.15) is 4.98 Å². The Morgan fingerprint density at radius 2 is 0.973 bits per heavy atom. The Kier molecular flexibility index (Phi) is 51.0. The van der Waals surface area contributed by atoms with Crippen LogP contribution in [-0.2, 0) is 76.3 Å². The first-order valence-electron chi connectivity index (χ1n) is 39.5. The molecule has 6 rings (SSSR count). The van der Waals surface area contributed by atoms with E-state index in [1.54, 1.807) is 58.5 Å². The maximum atomic E-state index is 12.4. The molecule has 2 aromatic rings. The summed E-state index contributed by atoms with van der Waals surface area (Å²) in [6.45, 7) is 15.6.